The summed E-state index contributed by atoms with van der Waals surface area (Å²) in [4.78, 5) is 4.61. The van der Waals surface area contributed by atoms with Crippen LogP contribution in [0, 0.1) is 0 Å². The Hall–Kier alpha value is -2.32. The van der Waals surface area contributed by atoms with Crippen LogP contribution in [0.15, 0.2) is 52.9 Å². The third-order valence-electron chi connectivity index (χ3n) is 5.96. The molecule has 0 aliphatic carbocycles. The predicted octanol–water partition coefficient (Wildman–Crippen LogP) is 5.58. The van der Waals surface area contributed by atoms with E-state index in [2.05, 4.69) is 34.2 Å². The number of hydrogen-bond acceptors (Lipinski definition) is 5. The standard InChI is InChI=1S/C25H30ClN3O3S/c1-18(24-16-19-6-3-4-7-22(19)32-24)29(11-5-10-28-12-14-31-15-13-28)25(33)27-21-17-20(26)8-9-23(21)30-2/h3-4,6-9,16-18H,5,10-15H2,1-2H3,(H,27,33). The molecular formula is C25H30ClN3O3S. The summed E-state index contributed by atoms with van der Waals surface area (Å²) in [6.07, 6.45) is 0.971. The highest BCUT2D eigenvalue weighted by atomic mass is 35.5. The molecule has 1 aromatic heterocycles. The minimum Gasteiger partial charge on any atom is -0.495 e. The molecular weight excluding hydrogens is 458 g/mol. The topological polar surface area (TPSA) is 50.1 Å². The van der Waals surface area contributed by atoms with Gasteiger partial charge in [0.2, 0.25) is 0 Å². The molecule has 0 spiro atoms. The van der Waals surface area contributed by atoms with Crippen LogP contribution in [0.2, 0.25) is 5.02 Å². The van der Waals surface area contributed by atoms with Gasteiger partial charge in [-0.1, -0.05) is 29.8 Å². The largest absolute Gasteiger partial charge is 0.495 e. The fourth-order valence-electron chi connectivity index (χ4n) is 4.09. The monoisotopic (exact) mass is 487 g/mol. The van der Waals surface area contributed by atoms with Crippen LogP contribution >= 0.6 is 23.8 Å². The van der Waals surface area contributed by atoms with Crippen LogP contribution in [0.5, 0.6) is 5.75 Å². The number of halogens is 1. The lowest BCUT2D eigenvalue weighted by Crippen LogP contribution is -2.41. The first-order valence-electron chi connectivity index (χ1n) is 11.2. The molecule has 1 unspecified atom stereocenters. The molecule has 33 heavy (non-hydrogen) atoms. The van der Waals surface area contributed by atoms with E-state index >= 15 is 0 Å². The molecule has 2 aromatic carbocycles. The number of para-hydroxylation sites is 1. The van der Waals surface area contributed by atoms with E-state index in [1.165, 1.54) is 0 Å². The normalized spacial score (nSPS) is 15.4. The number of nitrogens with one attached hydrogen (secondary N) is 1. The maximum Gasteiger partial charge on any atom is 0.174 e. The third-order valence-corrected chi connectivity index (χ3v) is 6.54. The van der Waals surface area contributed by atoms with E-state index in [0.717, 1.165) is 68.2 Å². The van der Waals surface area contributed by atoms with Crippen LogP contribution in [0.4, 0.5) is 5.69 Å². The molecule has 1 atom stereocenters. The van der Waals surface area contributed by atoms with Crippen LogP contribution in [0.1, 0.15) is 25.1 Å². The Morgan fingerprint density at radius 3 is 2.76 bits per heavy atom. The van der Waals surface area contributed by atoms with Crippen LogP contribution in [0.3, 0.4) is 0 Å². The highest BCUT2D eigenvalue weighted by Crippen LogP contribution is 2.31. The Morgan fingerprint density at radius 2 is 2.00 bits per heavy atom. The number of methoxy groups -OCH3 is 1. The number of benzene rings is 2. The van der Waals surface area contributed by atoms with Crippen LogP contribution in [-0.4, -0.2) is 61.4 Å². The van der Waals surface area contributed by atoms with E-state index in [9.17, 15) is 0 Å². The first-order chi connectivity index (χ1) is 16.0. The lowest BCUT2D eigenvalue weighted by Gasteiger charge is -2.32. The molecule has 1 aliphatic rings. The number of morpholine rings is 1. The van der Waals surface area contributed by atoms with Gasteiger partial charge in [0, 0.05) is 36.6 Å². The molecule has 1 fully saturated rings. The first-order valence-corrected chi connectivity index (χ1v) is 12.0. The van der Waals surface area contributed by atoms with Crippen molar-refractivity contribution in [1.82, 2.24) is 9.80 Å². The fraction of sp³-hybridized carbons (Fsp3) is 0.400. The number of rotatable bonds is 8. The van der Waals surface area contributed by atoms with Gasteiger partial charge in [0.1, 0.15) is 17.1 Å². The molecule has 0 saturated carbocycles. The SMILES string of the molecule is COc1ccc(Cl)cc1NC(=S)N(CCCN1CCOCC1)C(C)c1cc2ccccc2o1. The van der Waals surface area contributed by atoms with Gasteiger partial charge in [-0.15, -0.1) is 0 Å². The maximum atomic E-state index is 6.23. The minimum absolute atomic E-state index is 0.0488. The summed E-state index contributed by atoms with van der Waals surface area (Å²) in [5.41, 5.74) is 1.62. The number of hydrogen-bond donors (Lipinski definition) is 1. The van der Waals surface area contributed by atoms with Gasteiger partial charge in [0.05, 0.1) is 32.1 Å². The van der Waals surface area contributed by atoms with Crippen molar-refractivity contribution in [1.29, 1.82) is 0 Å². The Balaban J connectivity index is 1.53. The predicted molar refractivity (Wildman–Crippen MR) is 137 cm³/mol. The zero-order valence-corrected chi connectivity index (χ0v) is 20.6. The highest BCUT2D eigenvalue weighted by Gasteiger charge is 2.23. The van der Waals surface area contributed by atoms with Gasteiger partial charge < -0.3 is 24.1 Å². The van der Waals surface area contributed by atoms with E-state index < -0.39 is 0 Å². The van der Waals surface area contributed by atoms with Crippen molar-refractivity contribution in [2.24, 2.45) is 0 Å². The van der Waals surface area contributed by atoms with Crippen molar-refractivity contribution < 1.29 is 13.9 Å². The average Bonchev–Trinajstić information content (AvgIpc) is 3.27. The van der Waals surface area contributed by atoms with Crippen molar-refractivity contribution in [2.75, 3.05) is 51.8 Å². The zero-order valence-electron chi connectivity index (χ0n) is 19.1. The molecule has 1 saturated heterocycles. The third kappa shape index (κ3) is 5.98. The van der Waals surface area contributed by atoms with Gasteiger partial charge >= 0.3 is 0 Å². The Kier molecular flexibility index (Phi) is 8.09. The van der Waals surface area contributed by atoms with Crippen molar-refractivity contribution in [3.63, 3.8) is 0 Å². The molecule has 0 amide bonds. The first kappa shape index (κ1) is 23.8. The smallest absolute Gasteiger partial charge is 0.174 e. The molecule has 6 nitrogen and oxygen atoms in total. The van der Waals surface area contributed by atoms with Crippen molar-refractivity contribution >= 4 is 45.6 Å². The van der Waals surface area contributed by atoms with E-state index in [0.29, 0.717) is 15.9 Å². The second-order valence-corrected chi connectivity index (χ2v) is 8.96. The molecule has 3 aromatic rings. The fourth-order valence-corrected chi connectivity index (χ4v) is 4.62. The van der Waals surface area contributed by atoms with Gasteiger partial charge in [0.15, 0.2) is 5.11 Å². The summed E-state index contributed by atoms with van der Waals surface area (Å²) >= 11 is 12.1. The molecule has 176 valence electrons. The number of furan rings is 1. The van der Waals surface area contributed by atoms with E-state index in [1.54, 1.807) is 13.2 Å². The zero-order chi connectivity index (χ0) is 23.2. The van der Waals surface area contributed by atoms with Crippen LogP contribution in [0.25, 0.3) is 11.0 Å². The van der Waals surface area contributed by atoms with E-state index in [-0.39, 0.29) is 6.04 Å². The number of ether oxygens (including phenoxy) is 2. The van der Waals surface area contributed by atoms with Gasteiger partial charge in [-0.25, -0.2) is 0 Å². The Labute approximate surface area is 205 Å². The lowest BCUT2D eigenvalue weighted by molar-refractivity contribution is 0.0365. The van der Waals surface area contributed by atoms with Gasteiger partial charge in [0.25, 0.3) is 0 Å². The summed E-state index contributed by atoms with van der Waals surface area (Å²) in [6, 6.07) is 15.5. The Bertz CT molecular complexity index is 1050. The summed E-state index contributed by atoms with van der Waals surface area (Å²) in [6.45, 7) is 7.44. The number of nitrogens with zero attached hydrogens (tertiary/aromatic N) is 2. The molecule has 8 heteroatoms. The summed E-state index contributed by atoms with van der Waals surface area (Å²) in [7, 11) is 1.63. The van der Waals surface area contributed by atoms with Crippen molar-refractivity contribution in [3.05, 3.63) is 59.3 Å². The summed E-state index contributed by atoms with van der Waals surface area (Å²) < 4.78 is 17.1. The average molecular weight is 488 g/mol. The quantitative estimate of drug-likeness (QED) is 0.416. The Morgan fingerprint density at radius 1 is 1.21 bits per heavy atom. The molecule has 0 bridgehead atoms. The van der Waals surface area contributed by atoms with Gasteiger partial charge in [-0.05, 0) is 55.9 Å². The summed E-state index contributed by atoms with van der Waals surface area (Å²) in [5, 5.41) is 5.65. The van der Waals surface area contributed by atoms with Crippen LogP contribution in [-0.2, 0) is 4.74 Å². The second-order valence-electron chi connectivity index (χ2n) is 8.14. The minimum atomic E-state index is -0.0488. The van der Waals surface area contributed by atoms with Crippen LogP contribution < -0.4 is 10.1 Å². The van der Waals surface area contributed by atoms with Gasteiger partial charge in [-0.3, -0.25) is 4.90 Å². The van der Waals surface area contributed by atoms with E-state index in [1.807, 2.05) is 30.3 Å². The highest BCUT2D eigenvalue weighted by molar-refractivity contribution is 7.80. The molecule has 2 heterocycles. The molecule has 4 rings (SSSR count). The number of fused-ring (bicyclic) bond motifs is 1. The molecule has 1 N–H and O–H groups in total. The van der Waals surface area contributed by atoms with Crippen molar-refractivity contribution in [2.45, 2.75) is 19.4 Å². The number of thiocarbonyl (C=S) groups is 1. The molecule has 0 radical (unpaired) electrons. The number of anilines is 1. The second kappa shape index (κ2) is 11.2. The molecule has 1 aliphatic heterocycles. The lowest BCUT2D eigenvalue weighted by atomic mass is 10.2. The summed E-state index contributed by atoms with van der Waals surface area (Å²) in [5.74, 6) is 1.57. The van der Waals surface area contributed by atoms with Gasteiger partial charge in [-0.2, -0.15) is 0 Å². The van der Waals surface area contributed by atoms with Crippen molar-refractivity contribution in [3.8, 4) is 5.75 Å². The van der Waals surface area contributed by atoms with E-state index in [4.69, 9.17) is 37.7 Å². The maximum absolute atomic E-state index is 6.23.